The van der Waals surface area contributed by atoms with Gasteiger partial charge in [-0.1, -0.05) is 35.9 Å². The van der Waals surface area contributed by atoms with Gasteiger partial charge in [-0.2, -0.15) is 0 Å². The van der Waals surface area contributed by atoms with Crippen molar-refractivity contribution in [1.29, 1.82) is 0 Å². The fourth-order valence-corrected chi connectivity index (χ4v) is 2.90. The summed E-state index contributed by atoms with van der Waals surface area (Å²) in [4.78, 5) is 16.3. The van der Waals surface area contributed by atoms with E-state index in [4.69, 9.17) is 11.6 Å². The molecule has 1 N–H and O–H groups in total. The van der Waals surface area contributed by atoms with Crippen molar-refractivity contribution in [1.82, 2.24) is 10.3 Å². The maximum absolute atomic E-state index is 12.3. The molecule has 1 aliphatic rings. The Labute approximate surface area is 123 Å². The minimum Gasteiger partial charge on any atom is -0.345 e. The van der Waals surface area contributed by atoms with Crippen LogP contribution in [0, 0.1) is 0 Å². The molecule has 1 aromatic carbocycles. The molecule has 0 spiro atoms. The van der Waals surface area contributed by atoms with Crippen LogP contribution in [0.25, 0.3) is 0 Å². The molecule has 1 amide bonds. The SMILES string of the molecule is O=C(NC1CCCc2ccccc21)c1cccnc1Cl. The Hall–Kier alpha value is -1.87. The first-order chi connectivity index (χ1) is 9.75. The Morgan fingerprint density at radius 2 is 2.10 bits per heavy atom. The predicted octanol–water partition coefficient (Wildman–Crippen LogP) is 3.54. The highest BCUT2D eigenvalue weighted by Crippen LogP contribution is 2.29. The molecule has 0 saturated carbocycles. The van der Waals surface area contributed by atoms with Gasteiger partial charge in [0, 0.05) is 6.20 Å². The van der Waals surface area contributed by atoms with Crippen molar-refractivity contribution in [3.05, 3.63) is 64.4 Å². The summed E-state index contributed by atoms with van der Waals surface area (Å²) in [5, 5.41) is 3.31. The number of nitrogens with one attached hydrogen (secondary N) is 1. The highest BCUT2D eigenvalue weighted by molar-refractivity contribution is 6.32. The second-order valence-corrected chi connectivity index (χ2v) is 5.32. The van der Waals surface area contributed by atoms with E-state index >= 15 is 0 Å². The summed E-state index contributed by atoms with van der Waals surface area (Å²) >= 11 is 5.97. The van der Waals surface area contributed by atoms with Crippen molar-refractivity contribution in [3.8, 4) is 0 Å². The average Bonchev–Trinajstić information content (AvgIpc) is 2.48. The molecule has 1 aromatic heterocycles. The van der Waals surface area contributed by atoms with Crippen molar-refractivity contribution < 1.29 is 4.79 Å². The molecule has 1 heterocycles. The number of amides is 1. The predicted molar refractivity (Wildman–Crippen MR) is 78.8 cm³/mol. The number of nitrogens with zero attached hydrogens (tertiary/aromatic N) is 1. The topological polar surface area (TPSA) is 42.0 Å². The van der Waals surface area contributed by atoms with Crippen molar-refractivity contribution in [2.45, 2.75) is 25.3 Å². The van der Waals surface area contributed by atoms with E-state index in [9.17, 15) is 4.79 Å². The number of aromatic nitrogens is 1. The van der Waals surface area contributed by atoms with Gasteiger partial charge in [0.2, 0.25) is 0 Å². The molecule has 0 radical (unpaired) electrons. The van der Waals surface area contributed by atoms with Crippen LogP contribution in [-0.2, 0) is 6.42 Å². The van der Waals surface area contributed by atoms with Crippen LogP contribution in [0.3, 0.4) is 0 Å². The molecule has 1 atom stereocenters. The lowest BCUT2D eigenvalue weighted by atomic mass is 9.87. The van der Waals surface area contributed by atoms with Gasteiger partial charge in [0.05, 0.1) is 11.6 Å². The molecule has 102 valence electrons. The van der Waals surface area contributed by atoms with Gasteiger partial charge in [0.1, 0.15) is 5.15 Å². The molecule has 4 heteroatoms. The quantitative estimate of drug-likeness (QED) is 0.858. The van der Waals surface area contributed by atoms with Gasteiger partial charge in [-0.3, -0.25) is 4.79 Å². The number of hydrogen-bond donors (Lipinski definition) is 1. The van der Waals surface area contributed by atoms with E-state index in [2.05, 4.69) is 22.4 Å². The van der Waals surface area contributed by atoms with Gasteiger partial charge < -0.3 is 5.32 Å². The first-order valence-corrected chi connectivity index (χ1v) is 7.12. The van der Waals surface area contributed by atoms with Crippen LogP contribution < -0.4 is 5.32 Å². The minimum atomic E-state index is -0.162. The van der Waals surface area contributed by atoms with E-state index in [0.29, 0.717) is 5.56 Å². The lowest BCUT2D eigenvalue weighted by Gasteiger charge is -2.26. The average molecular weight is 287 g/mol. The number of carbonyl (C=O) groups excluding carboxylic acids is 1. The molecule has 0 fully saturated rings. The van der Waals surface area contributed by atoms with Gasteiger partial charge >= 0.3 is 0 Å². The fourth-order valence-electron chi connectivity index (χ4n) is 2.70. The maximum Gasteiger partial charge on any atom is 0.254 e. The van der Waals surface area contributed by atoms with E-state index in [1.165, 1.54) is 11.1 Å². The molecule has 1 unspecified atom stereocenters. The van der Waals surface area contributed by atoms with Crippen LogP contribution in [0.15, 0.2) is 42.6 Å². The summed E-state index contributed by atoms with van der Waals surface area (Å²) in [6.45, 7) is 0. The first kappa shape index (κ1) is 13.1. The molecular formula is C16H15ClN2O. The standard InChI is InChI=1S/C16H15ClN2O/c17-15-13(8-4-10-18-15)16(20)19-14-9-3-6-11-5-1-2-7-12(11)14/h1-2,4-5,7-8,10,14H,3,6,9H2,(H,19,20). The van der Waals surface area contributed by atoms with Gasteiger partial charge in [-0.25, -0.2) is 4.98 Å². The van der Waals surface area contributed by atoms with Crippen molar-refractivity contribution in [2.75, 3.05) is 0 Å². The number of aryl methyl sites for hydroxylation is 1. The molecule has 2 aromatic rings. The van der Waals surface area contributed by atoms with Gasteiger partial charge in [-0.05, 0) is 42.5 Å². The number of halogens is 1. The van der Waals surface area contributed by atoms with Crippen LogP contribution in [0.4, 0.5) is 0 Å². The fraction of sp³-hybridized carbons (Fsp3) is 0.250. The summed E-state index contributed by atoms with van der Waals surface area (Å²) in [6.07, 6.45) is 4.70. The number of rotatable bonds is 2. The van der Waals surface area contributed by atoms with E-state index in [-0.39, 0.29) is 17.1 Å². The zero-order valence-corrected chi connectivity index (χ0v) is 11.7. The Bertz CT molecular complexity index is 642. The highest BCUT2D eigenvalue weighted by atomic mass is 35.5. The van der Waals surface area contributed by atoms with Gasteiger partial charge in [-0.15, -0.1) is 0 Å². The second kappa shape index (κ2) is 5.63. The van der Waals surface area contributed by atoms with Crippen molar-refractivity contribution in [2.24, 2.45) is 0 Å². The smallest absolute Gasteiger partial charge is 0.254 e. The van der Waals surface area contributed by atoms with Crippen LogP contribution in [0.2, 0.25) is 5.15 Å². The Morgan fingerprint density at radius 1 is 1.25 bits per heavy atom. The Kier molecular flexibility index (Phi) is 3.70. The van der Waals surface area contributed by atoms with Crippen LogP contribution in [-0.4, -0.2) is 10.9 Å². The lowest BCUT2D eigenvalue weighted by Crippen LogP contribution is -2.31. The van der Waals surface area contributed by atoms with Gasteiger partial charge in [0.25, 0.3) is 5.91 Å². The third kappa shape index (κ3) is 2.54. The Balaban J connectivity index is 1.83. The molecule has 0 bridgehead atoms. The highest BCUT2D eigenvalue weighted by Gasteiger charge is 2.22. The number of pyridine rings is 1. The number of benzene rings is 1. The molecular weight excluding hydrogens is 272 g/mol. The first-order valence-electron chi connectivity index (χ1n) is 6.75. The van der Waals surface area contributed by atoms with Crippen LogP contribution in [0.5, 0.6) is 0 Å². The third-order valence-electron chi connectivity index (χ3n) is 3.68. The summed E-state index contributed by atoms with van der Waals surface area (Å²) in [6, 6.07) is 11.7. The molecule has 0 saturated heterocycles. The molecule has 3 rings (SSSR count). The van der Waals surface area contributed by atoms with Crippen LogP contribution in [0.1, 0.15) is 40.4 Å². The zero-order valence-electron chi connectivity index (χ0n) is 11.0. The van der Waals surface area contributed by atoms with E-state index < -0.39 is 0 Å². The normalized spacial score (nSPS) is 17.4. The molecule has 1 aliphatic carbocycles. The van der Waals surface area contributed by atoms with Crippen LogP contribution >= 0.6 is 11.6 Å². The van der Waals surface area contributed by atoms with Gasteiger partial charge in [0.15, 0.2) is 0 Å². The molecule has 3 nitrogen and oxygen atoms in total. The second-order valence-electron chi connectivity index (χ2n) is 4.96. The van der Waals surface area contributed by atoms with E-state index in [1.807, 2.05) is 12.1 Å². The van der Waals surface area contributed by atoms with E-state index in [1.54, 1.807) is 18.3 Å². The maximum atomic E-state index is 12.3. The van der Waals surface area contributed by atoms with Crippen molar-refractivity contribution >= 4 is 17.5 Å². The Morgan fingerprint density at radius 3 is 2.95 bits per heavy atom. The molecule has 0 aliphatic heterocycles. The summed E-state index contributed by atoms with van der Waals surface area (Å²) in [7, 11) is 0. The summed E-state index contributed by atoms with van der Waals surface area (Å²) < 4.78 is 0. The number of fused-ring (bicyclic) bond motifs is 1. The number of carbonyl (C=O) groups is 1. The summed E-state index contributed by atoms with van der Waals surface area (Å²) in [5.74, 6) is -0.162. The summed E-state index contributed by atoms with van der Waals surface area (Å²) in [5.41, 5.74) is 2.96. The molecule has 20 heavy (non-hydrogen) atoms. The van der Waals surface area contributed by atoms with Crippen molar-refractivity contribution in [3.63, 3.8) is 0 Å². The van der Waals surface area contributed by atoms with E-state index in [0.717, 1.165) is 19.3 Å². The lowest BCUT2D eigenvalue weighted by molar-refractivity contribution is 0.0932. The zero-order chi connectivity index (χ0) is 13.9. The monoisotopic (exact) mass is 286 g/mol. The third-order valence-corrected chi connectivity index (χ3v) is 3.98. The minimum absolute atomic E-state index is 0.0590. The largest absolute Gasteiger partial charge is 0.345 e. The number of hydrogen-bond acceptors (Lipinski definition) is 2.